The maximum atomic E-state index is 13.9. The smallest absolute Gasteiger partial charge is 0.325 e. The Bertz CT molecular complexity index is 461. The van der Waals surface area contributed by atoms with Gasteiger partial charge in [0.25, 0.3) is 0 Å². The molecule has 1 aromatic carbocycles. The number of benzene rings is 1. The van der Waals surface area contributed by atoms with Crippen LogP contribution in [0.1, 0.15) is 17.2 Å². The molecule has 0 amide bonds. The molecule has 0 saturated carbocycles. The summed E-state index contributed by atoms with van der Waals surface area (Å²) in [6.07, 6.45) is 0. The van der Waals surface area contributed by atoms with E-state index in [0.29, 0.717) is 25.3 Å². The van der Waals surface area contributed by atoms with Crippen LogP contribution in [0.25, 0.3) is 0 Å². The summed E-state index contributed by atoms with van der Waals surface area (Å²) < 4.78 is 19.1. The molecule has 0 spiro atoms. The van der Waals surface area contributed by atoms with Crippen LogP contribution in [0.4, 0.5) is 4.39 Å². The quantitative estimate of drug-likeness (QED) is 0.842. The van der Waals surface area contributed by atoms with Crippen molar-refractivity contribution in [3.8, 4) is 0 Å². The van der Waals surface area contributed by atoms with Gasteiger partial charge in [-0.3, -0.25) is 9.69 Å². The van der Waals surface area contributed by atoms with E-state index in [2.05, 4.69) is 4.90 Å². The Balaban J connectivity index is 2.08. The van der Waals surface area contributed by atoms with Gasteiger partial charge in [0.05, 0.1) is 13.2 Å². The van der Waals surface area contributed by atoms with E-state index in [9.17, 15) is 9.18 Å². The normalized spacial score (nSPS) is 18.2. The van der Waals surface area contributed by atoms with Gasteiger partial charge in [0.15, 0.2) is 0 Å². The number of nitrogens with zero attached hydrogens (tertiary/aromatic N) is 1. The van der Waals surface area contributed by atoms with Gasteiger partial charge in [-0.05, 0) is 11.6 Å². The molecule has 0 bridgehead atoms. The van der Waals surface area contributed by atoms with Gasteiger partial charge in [-0.25, -0.2) is 4.39 Å². The molecule has 1 aliphatic heterocycles. The Morgan fingerprint density at radius 2 is 2.16 bits per heavy atom. The first-order valence-electron chi connectivity index (χ1n) is 6.15. The maximum absolute atomic E-state index is 13.9. The van der Waals surface area contributed by atoms with Crippen LogP contribution in [0.5, 0.6) is 0 Å². The van der Waals surface area contributed by atoms with E-state index in [4.69, 9.17) is 15.6 Å². The Kier molecular flexibility index (Phi) is 4.47. The van der Waals surface area contributed by atoms with Crippen LogP contribution < -0.4 is 5.73 Å². The zero-order chi connectivity index (χ0) is 13.8. The van der Waals surface area contributed by atoms with Gasteiger partial charge >= 0.3 is 5.97 Å². The zero-order valence-electron chi connectivity index (χ0n) is 10.5. The summed E-state index contributed by atoms with van der Waals surface area (Å²) in [4.78, 5) is 12.8. The molecule has 1 atom stereocenters. The molecule has 1 aliphatic rings. The third kappa shape index (κ3) is 3.50. The molecule has 6 heteroatoms. The van der Waals surface area contributed by atoms with Gasteiger partial charge < -0.3 is 15.6 Å². The highest BCUT2D eigenvalue weighted by Gasteiger charge is 2.17. The summed E-state index contributed by atoms with van der Waals surface area (Å²) in [5.74, 6) is -1.58. The Hall–Kier alpha value is -1.50. The first-order chi connectivity index (χ1) is 9.08. The summed E-state index contributed by atoms with van der Waals surface area (Å²) in [6, 6.07) is 3.18. The number of ether oxygens (including phenoxy) is 1. The summed E-state index contributed by atoms with van der Waals surface area (Å²) >= 11 is 0. The van der Waals surface area contributed by atoms with Gasteiger partial charge in [0.2, 0.25) is 0 Å². The van der Waals surface area contributed by atoms with Crippen molar-refractivity contribution in [1.29, 1.82) is 0 Å². The van der Waals surface area contributed by atoms with Crippen LogP contribution in [0.2, 0.25) is 0 Å². The number of aliphatic carboxylic acids is 1. The minimum absolute atomic E-state index is 0.274. The van der Waals surface area contributed by atoms with Crippen molar-refractivity contribution in [1.82, 2.24) is 4.90 Å². The molecule has 19 heavy (non-hydrogen) atoms. The van der Waals surface area contributed by atoms with Crippen LogP contribution in [0.15, 0.2) is 18.2 Å². The molecule has 0 aromatic heterocycles. The molecule has 104 valence electrons. The van der Waals surface area contributed by atoms with Crippen LogP contribution in [-0.2, 0) is 16.1 Å². The number of morpholine rings is 1. The minimum atomic E-state index is -1.19. The van der Waals surface area contributed by atoms with Gasteiger partial charge in [-0.15, -0.1) is 0 Å². The number of carboxylic acids is 1. The maximum Gasteiger partial charge on any atom is 0.325 e. The highest BCUT2D eigenvalue weighted by Crippen LogP contribution is 2.17. The standard InChI is InChI=1S/C13H17FN2O3/c14-11-7-9(12(15)13(17)18)1-2-10(11)8-16-3-5-19-6-4-16/h1-2,7,12H,3-6,8,15H2,(H,17,18). The van der Waals surface area contributed by atoms with Crippen LogP contribution in [0.3, 0.4) is 0 Å². The second kappa shape index (κ2) is 6.10. The van der Waals surface area contributed by atoms with E-state index in [0.717, 1.165) is 13.1 Å². The first-order valence-corrected chi connectivity index (χ1v) is 6.15. The van der Waals surface area contributed by atoms with Crippen LogP contribution in [-0.4, -0.2) is 42.3 Å². The molecule has 1 saturated heterocycles. The summed E-state index contributed by atoms with van der Waals surface area (Å²) in [7, 11) is 0. The zero-order valence-corrected chi connectivity index (χ0v) is 10.5. The lowest BCUT2D eigenvalue weighted by atomic mass is 10.0. The predicted molar refractivity (Wildman–Crippen MR) is 67.1 cm³/mol. The van der Waals surface area contributed by atoms with E-state index in [1.807, 2.05) is 0 Å². The molecule has 3 N–H and O–H groups in total. The van der Waals surface area contributed by atoms with E-state index in [1.54, 1.807) is 12.1 Å². The van der Waals surface area contributed by atoms with Crippen molar-refractivity contribution in [2.45, 2.75) is 12.6 Å². The number of hydrogen-bond donors (Lipinski definition) is 2. The van der Waals surface area contributed by atoms with Crippen molar-refractivity contribution >= 4 is 5.97 Å². The minimum Gasteiger partial charge on any atom is -0.480 e. The van der Waals surface area contributed by atoms with Crippen molar-refractivity contribution < 1.29 is 19.0 Å². The van der Waals surface area contributed by atoms with Crippen molar-refractivity contribution in [2.24, 2.45) is 5.73 Å². The summed E-state index contributed by atoms with van der Waals surface area (Å²) in [5.41, 5.74) is 6.27. The van der Waals surface area contributed by atoms with Gasteiger partial charge in [0.1, 0.15) is 11.9 Å². The molecular weight excluding hydrogens is 251 g/mol. The average molecular weight is 268 g/mol. The molecule has 1 aromatic rings. The molecule has 1 heterocycles. The predicted octanol–water partition coefficient (Wildman–Crippen LogP) is 0.742. The number of halogens is 1. The Morgan fingerprint density at radius 3 is 2.74 bits per heavy atom. The molecule has 0 radical (unpaired) electrons. The number of rotatable bonds is 4. The molecule has 5 nitrogen and oxygen atoms in total. The average Bonchev–Trinajstić information content (AvgIpc) is 2.41. The fraction of sp³-hybridized carbons (Fsp3) is 0.462. The molecule has 1 fully saturated rings. The van der Waals surface area contributed by atoms with Gasteiger partial charge in [-0.1, -0.05) is 12.1 Å². The molecule has 1 unspecified atom stereocenters. The molecule has 2 rings (SSSR count). The van der Waals surface area contributed by atoms with Crippen molar-refractivity contribution in [3.63, 3.8) is 0 Å². The molecule has 0 aliphatic carbocycles. The lowest BCUT2D eigenvalue weighted by Crippen LogP contribution is -2.35. The highest BCUT2D eigenvalue weighted by molar-refractivity contribution is 5.75. The van der Waals surface area contributed by atoms with Crippen molar-refractivity contribution in [2.75, 3.05) is 26.3 Å². The second-order valence-corrected chi connectivity index (χ2v) is 4.56. The van der Waals surface area contributed by atoms with Crippen LogP contribution in [0, 0.1) is 5.82 Å². The summed E-state index contributed by atoms with van der Waals surface area (Å²) in [5, 5.41) is 8.79. The first kappa shape index (κ1) is 13.9. The third-order valence-corrected chi connectivity index (χ3v) is 3.20. The number of nitrogens with two attached hydrogens (primary N) is 1. The molecular formula is C13H17FN2O3. The monoisotopic (exact) mass is 268 g/mol. The lowest BCUT2D eigenvalue weighted by Gasteiger charge is -2.26. The fourth-order valence-corrected chi connectivity index (χ4v) is 2.03. The number of carboxylic acid groups (broad SMARTS) is 1. The van der Waals surface area contributed by atoms with E-state index in [-0.39, 0.29) is 5.56 Å². The van der Waals surface area contributed by atoms with Crippen molar-refractivity contribution in [3.05, 3.63) is 35.1 Å². The lowest BCUT2D eigenvalue weighted by molar-refractivity contribution is -0.138. The van der Waals surface area contributed by atoms with Gasteiger partial charge in [-0.2, -0.15) is 0 Å². The van der Waals surface area contributed by atoms with Crippen LogP contribution >= 0.6 is 0 Å². The van der Waals surface area contributed by atoms with E-state index >= 15 is 0 Å². The largest absolute Gasteiger partial charge is 0.480 e. The second-order valence-electron chi connectivity index (χ2n) is 4.56. The van der Waals surface area contributed by atoms with E-state index in [1.165, 1.54) is 6.07 Å². The summed E-state index contributed by atoms with van der Waals surface area (Å²) in [6.45, 7) is 3.36. The van der Waals surface area contributed by atoms with E-state index < -0.39 is 17.8 Å². The van der Waals surface area contributed by atoms with Gasteiger partial charge in [0, 0.05) is 25.2 Å². The third-order valence-electron chi connectivity index (χ3n) is 3.20. The number of hydrogen-bond acceptors (Lipinski definition) is 4. The topological polar surface area (TPSA) is 75.8 Å². The Labute approximate surface area is 110 Å². The SMILES string of the molecule is NC(C(=O)O)c1ccc(CN2CCOCC2)c(F)c1. The number of carbonyl (C=O) groups is 1. The fourth-order valence-electron chi connectivity index (χ4n) is 2.03. The Morgan fingerprint density at radius 1 is 1.47 bits per heavy atom. The highest BCUT2D eigenvalue weighted by atomic mass is 19.1.